The molecule has 5 heterocycles. The van der Waals surface area contributed by atoms with Crippen LogP contribution >= 0.6 is 0 Å². The smallest absolute Gasteiger partial charge is 0.106 e. The third-order valence-electron chi connectivity index (χ3n) is 8.30. The van der Waals surface area contributed by atoms with Crippen molar-refractivity contribution in [3.63, 3.8) is 0 Å². The standard InChI is InChI=1S/C30H42O6/c1-5-8-22-21(31)13-14-23-24(33-22)15-16-25-27(34-23)17-28-30(36-25)19(4)29-26(35-28)10-7-9-20(32-29)12-11-18(3)6-2/h5,7,9,11-16,18-31H,1,6,8,10,17H2,2-4H3/b12-11+/t18-,19-,20-,21+,22-,23-,24+,25-,26+,27+,28-,29-,30+/m1/s1. The van der Waals surface area contributed by atoms with E-state index in [1.54, 1.807) is 12.2 Å². The molecule has 2 saturated heterocycles. The summed E-state index contributed by atoms with van der Waals surface area (Å²) in [7, 11) is 0. The van der Waals surface area contributed by atoms with Crippen LogP contribution in [-0.4, -0.2) is 72.3 Å². The third kappa shape index (κ3) is 5.50. The Morgan fingerprint density at radius 2 is 1.67 bits per heavy atom. The zero-order chi connectivity index (χ0) is 25.2. The maximum Gasteiger partial charge on any atom is 0.106 e. The number of aliphatic hydroxyl groups excluding tert-OH is 1. The second-order valence-corrected chi connectivity index (χ2v) is 10.9. The second kappa shape index (κ2) is 11.5. The molecule has 6 nitrogen and oxygen atoms in total. The lowest BCUT2D eigenvalue weighted by Crippen LogP contribution is -2.60. The third-order valence-corrected chi connectivity index (χ3v) is 8.30. The number of rotatable bonds is 5. The van der Waals surface area contributed by atoms with Gasteiger partial charge in [0.25, 0.3) is 0 Å². The van der Waals surface area contributed by atoms with E-state index in [0.717, 1.165) is 19.3 Å². The van der Waals surface area contributed by atoms with E-state index in [9.17, 15) is 5.11 Å². The van der Waals surface area contributed by atoms with E-state index in [0.29, 0.717) is 12.3 Å². The lowest BCUT2D eigenvalue weighted by molar-refractivity contribution is -0.271. The highest BCUT2D eigenvalue weighted by atomic mass is 16.6. The highest BCUT2D eigenvalue weighted by Gasteiger charge is 2.51. The van der Waals surface area contributed by atoms with Gasteiger partial charge in [-0.1, -0.05) is 81.9 Å². The fourth-order valence-corrected chi connectivity index (χ4v) is 5.97. The minimum absolute atomic E-state index is 0.00429. The molecule has 6 heteroatoms. The van der Waals surface area contributed by atoms with Gasteiger partial charge in [-0.3, -0.25) is 0 Å². The van der Waals surface area contributed by atoms with Crippen molar-refractivity contribution >= 4 is 0 Å². The maximum absolute atomic E-state index is 10.4. The number of ether oxygens (including phenoxy) is 5. The molecule has 0 bridgehead atoms. The van der Waals surface area contributed by atoms with Crippen molar-refractivity contribution in [1.29, 1.82) is 0 Å². The van der Waals surface area contributed by atoms with E-state index >= 15 is 0 Å². The highest BCUT2D eigenvalue weighted by molar-refractivity contribution is 5.15. The molecular weight excluding hydrogens is 456 g/mol. The van der Waals surface area contributed by atoms with Gasteiger partial charge in [-0.05, 0) is 18.8 Å². The molecule has 5 rings (SSSR count). The molecule has 0 aromatic heterocycles. The van der Waals surface area contributed by atoms with Crippen LogP contribution < -0.4 is 0 Å². The van der Waals surface area contributed by atoms with Crippen LogP contribution in [0.4, 0.5) is 0 Å². The van der Waals surface area contributed by atoms with Crippen LogP contribution in [0.2, 0.25) is 0 Å². The first-order chi connectivity index (χ1) is 17.5. The Bertz CT molecular complexity index is 879. The molecule has 0 unspecified atom stereocenters. The van der Waals surface area contributed by atoms with E-state index in [4.69, 9.17) is 23.7 Å². The molecule has 0 radical (unpaired) electrons. The van der Waals surface area contributed by atoms with Crippen molar-refractivity contribution in [2.75, 3.05) is 0 Å². The van der Waals surface area contributed by atoms with Gasteiger partial charge in [-0.2, -0.15) is 0 Å². The van der Waals surface area contributed by atoms with Gasteiger partial charge in [0.05, 0.1) is 48.8 Å². The van der Waals surface area contributed by atoms with Crippen molar-refractivity contribution in [2.24, 2.45) is 11.8 Å². The van der Waals surface area contributed by atoms with Gasteiger partial charge in [-0.15, -0.1) is 6.58 Å². The SMILES string of the molecule is C=CC[C@H]1O[C@H]2C=C[C@H]3O[C@H]4[C@H](C)[C@H]5O[C@@H](/C=C/[C@H](C)CC)C=CC[C@@H]5O[C@@H]4C[C@@H]3O[C@@H]2C=C[C@@H]1O. The molecule has 0 saturated carbocycles. The summed E-state index contributed by atoms with van der Waals surface area (Å²) in [4.78, 5) is 0. The van der Waals surface area contributed by atoms with E-state index in [2.05, 4.69) is 57.7 Å². The Morgan fingerprint density at radius 3 is 2.47 bits per heavy atom. The first-order valence-electron chi connectivity index (χ1n) is 13.7. The van der Waals surface area contributed by atoms with Crippen molar-refractivity contribution in [2.45, 2.75) is 114 Å². The minimum atomic E-state index is -0.679. The molecule has 5 aliphatic rings. The van der Waals surface area contributed by atoms with E-state index < -0.39 is 6.10 Å². The average molecular weight is 499 g/mol. The topological polar surface area (TPSA) is 66.4 Å². The van der Waals surface area contributed by atoms with Crippen LogP contribution in [0.3, 0.4) is 0 Å². The largest absolute Gasteiger partial charge is 0.386 e. The van der Waals surface area contributed by atoms with Crippen molar-refractivity contribution in [1.82, 2.24) is 0 Å². The molecule has 5 aliphatic heterocycles. The van der Waals surface area contributed by atoms with Crippen LogP contribution in [0.25, 0.3) is 0 Å². The molecule has 198 valence electrons. The fourth-order valence-electron chi connectivity index (χ4n) is 5.97. The van der Waals surface area contributed by atoms with Gasteiger partial charge in [0.2, 0.25) is 0 Å². The van der Waals surface area contributed by atoms with Crippen LogP contribution in [-0.2, 0) is 23.7 Å². The normalized spacial score (nSPS) is 47.0. The van der Waals surface area contributed by atoms with Crippen LogP contribution in [0, 0.1) is 11.8 Å². The second-order valence-electron chi connectivity index (χ2n) is 10.9. The zero-order valence-electron chi connectivity index (χ0n) is 21.7. The minimum Gasteiger partial charge on any atom is -0.386 e. The molecule has 0 amide bonds. The summed E-state index contributed by atoms with van der Waals surface area (Å²) in [6, 6.07) is 0. The molecule has 13 atom stereocenters. The zero-order valence-corrected chi connectivity index (χ0v) is 21.7. The van der Waals surface area contributed by atoms with Crippen LogP contribution in [0.15, 0.2) is 61.3 Å². The summed E-state index contributed by atoms with van der Waals surface area (Å²) in [5, 5.41) is 10.4. The predicted molar refractivity (Wildman–Crippen MR) is 139 cm³/mol. The van der Waals surface area contributed by atoms with Crippen molar-refractivity contribution in [3.05, 3.63) is 61.3 Å². The van der Waals surface area contributed by atoms with Gasteiger partial charge in [0.15, 0.2) is 0 Å². The molecule has 0 spiro atoms. The van der Waals surface area contributed by atoms with Gasteiger partial charge < -0.3 is 28.8 Å². The Balaban J connectivity index is 1.29. The van der Waals surface area contributed by atoms with Gasteiger partial charge in [-0.25, -0.2) is 0 Å². The summed E-state index contributed by atoms with van der Waals surface area (Å²) in [6.07, 6.45) is 19.6. The summed E-state index contributed by atoms with van der Waals surface area (Å²) in [5.74, 6) is 0.729. The predicted octanol–water partition coefficient (Wildman–Crippen LogP) is 4.45. The fraction of sp³-hybridized carbons (Fsp3) is 0.667. The van der Waals surface area contributed by atoms with Gasteiger partial charge in [0.1, 0.15) is 18.3 Å². The Kier molecular flexibility index (Phi) is 8.30. The number of allylic oxidation sites excluding steroid dienone is 1. The Morgan fingerprint density at radius 1 is 0.917 bits per heavy atom. The monoisotopic (exact) mass is 498 g/mol. The molecule has 36 heavy (non-hydrogen) atoms. The molecular formula is C30H42O6. The Labute approximate surface area is 215 Å². The quantitative estimate of drug-likeness (QED) is 0.565. The summed E-state index contributed by atoms with van der Waals surface area (Å²) < 4.78 is 32.6. The van der Waals surface area contributed by atoms with Crippen LogP contribution in [0.5, 0.6) is 0 Å². The number of hydrogen-bond acceptors (Lipinski definition) is 6. The lowest BCUT2D eigenvalue weighted by atomic mass is 9.82. The molecule has 1 N–H and O–H groups in total. The number of fused-ring (bicyclic) bond motifs is 4. The van der Waals surface area contributed by atoms with Gasteiger partial charge >= 0.3 is 0 Å². The highest BCUT2D eigenvalue weighted by Crippen LogP contribution is 2.41. The maximum atomic E-state index is 10.4. The van der Waals surface area contributed by atoms with Crippen molar-refractivity contribution in [3.8, 4) is 0 Å². The molecule has 0 aromatic rings. The van der Waals surface area contributed by atoms with E-state index in [1.807, 2.05) is 12.2 Å². The molecule has 0 aromatic carbocycles. The number of hydrogen-bond donors (Lipinski definition) is 1. The van der Waals surface area contributed by atoms with Crippen LogP contribution in [0.1, 0.15) is 46.5 Å². The van der Waals surface area contributed by atoms with E-state index in [1.165, 1.54) is 0 Å². The number of aliphatic hydroxyl groups is 1. The summed E-state index contributed by atoms with van der Waals surface area (Å²) in [6.45, 7) is 10.5. The lowest BCUT2D eigenvalue weighted by Gasteiger charge is -2.50. The summed E-state index contributed by atoms with van der Waals surface area (Å²) in [5.41, 5.74) is 0. The summed E-state index contributed by atoms with van der Waals surface area (Å²) >= 11 is 0. The Hall–Kier alpha value is -1.54. The van der Waals surface area contributed by atoms with Gasteiger partial charge in [0, 0.05) is 12.3 Å². The first-order valence-corrected chi connectivity index (χ1v) is 13.7. The molecule has 2 fully saturated rings. The van der Waals surface area contributed by atoms with Crippen molar-refractivity contribution < 1.29 is 28.8 Å². The first kappa shape index (κ1) is 26.1. The molecule has 0 aliphatic carbocycles. The van der Waals surface area contributed by atoms with E-state index in [-0.39, 0.29) is 67.0 Å². The average Bonchev–Trinajstić information content (AvgIpc) is 3.24.